The fraction of sp³-hybridized carbons (Fsp3) is 0.176. The smallest absolute Gasteiger partial charge is 0.0457 e. The van der Waals surface area contributed by atoms with Crippen molar-refractivity contribution in [1.82, 2.24) is 4.98 Å². The lowest BCUT2D eigenvalue weighted by Crippen LogP contribution is -2.13. The molecule has 2 aromatic carbocycles. The van der Waals surface area contributed by atoms with Crippen LogP contribution in [-0.2, 0) is 0 Å². The highest BCUT2D eigenvalue weighted by Gasteiger charge is 2.16. The van der Waals surface area contributed by atoms with Crippen molar-refractivity contribution in [3.63, 3.8) is 0 Å². The van der Waals surface area contributed by atoms with E-state index in [-0.39, 0.29) is 5.92 Å². The molecule has 0 aliphatic heterocycles. The van der Waals surface area contributed by atoms with Crippen LogP contribution in [0.25, 0.3) is 10.9 Å². The minimum atomic E-state index is 0.246. The Balaban J connectivity index is 2.12. The Labute approximate surface area is 113 Å². The molecule has 19 heavy (non-hydrogen) atoms. The molecule has 3 rings (SSSR count). The molecule has 0 bridgehead atoms. The normalized spacial score (nSPS) is 12.7. The Morgan fingerprint density at radius 1 is 1.11 bits per heavy atom. The summed E-state index contributed by atoms with van der Waals surface area (Å²) in [6, 6.07) is 17.0. The topological polar surface area (TPSA) is 41.8 Å². The Morgan fingerprint density at radius 2 is 1.95 bits per heavy atom. The molecular weight excluding hydrogens is 232 g/mol. The minimum absolute atomic E-state index is 0.246. The van der Waals surface area contributed by atoms with E-state index in [4.69, 9.17) is 5.73 Å². The van der Waals surface area contributed by atoms with Gasteiger partial charge in [-0.15, -0.1) is 0 Å². The number of fused-ring (bicyclic) bond motifs is 1. The highest BCUT2D eigenvalue weighted by Crippen LogP contribution is 2.30. The van der Waals surface area contributed by atoms with E-state index in [1.165, 1.54) is 27.6 Å². The van der Waals surface area contributed by atoms with Gasteiger partial charge in [0, 0.05) is 29.6 Å². The van der Waals surface area contributed by atoms with Gasteiger partial charge in [0.25, 0.3) is 0 Å². The lowest BCUT2D eigenvalue weighted by molar-refractivity contribution is 0.824. The molecule has 0 radical (unpaired) electrons. The second kappa shape index (κ2) is 4.90. The number of benzene rings is 2. The maximum Gasteiger partial charge on any atom is 0.0457 e. The molecule has 0 saturated heterocycles. The molecule has 0 unspecified atom stereocenters. The van der Waals surface area contributed by atoms with Crippen LogP contribution in [-0.4, -0.2) is 11.5 Å². The summed E-state index contributed by atoms with van der Waals surface area (Å²) in [5, 5.41) is 1.26. The molecular formula is C17H18N2. The molecule has 0 aliphatic carbocycles. The van der Waals surface area contributed by atoms with Crippen molar-refractivity contribution in [3.8, 4) is 0 Å². The summed E-state index contributed by atoms with van der Waals surface area (Å²) in [6.45, 7) is 2.73. The Kier molecular flexibility index (Phi) is 3.10. The van der Waals surface area contributed by atoms with Gasteiger partial charge in [0.2, 0.25) is 0 Å². The number of hydrogen-bond donors (Lipinski definition) is 2. The summed E-state index contributed by atoms with van der Waals surface area (Å²) >= 11 is 0. The number of nitrogens with one attached hydrogen (secondary N) is 1. The largest absolute Gasteiger partial charge is 0.361 e. The molecule has 3 N–H and O–H groups in total. The molecule has 1 aromatic heterocycles. The summed E-state index contributed by atoms with van der Waals surface area (Å²) in [6.07, 6.45) is 2.09. The van der Waals surface area contributed by atoms with Gasteiger partial charge in [-0.1, -0.05) is 48.0 Å². The number of nitrogens with two attached hydrogens (primary N) is 1. The first-order chi connectivity index (χ1) is 9.29. The molecule has 0 spiro atoms. The van der Waals surface area contributed by atoms with Crippen molar-refractivity contribution in [1.29, 1.82) is 0 Å². The quantitative estimate of drug-likeness (QED) is 0.733. The predicted octanol–water partition coefficient (Wildman–Crippen LogP) is 3.57. The van der Waals surface area contributed by atoms with E-state index in [2.05, 4.69) is 60.6 Å². The summed E-state index contributed by atoms with van der Waals surface area (Å²) < 4.78 is 0. The van der Waals surface area contributed by atoms with E-state index in [0.717, 1.165) is 0 Å². The van der Waals surface area contributed by atoms with Crippen LogP contribution in [0.5, 0.6) is 0 Å². The standard InChI is InChI=1S/C17H18N2/c1-12-5-4-6-13(9-12)15(10-18)16-11-19-17-8-3-2-7-14(16)17/h2-9,11,15,19H,10,18H2,1H3/t15-/m0/s1. The van der Waals surface area contributed by atoms with Crippen LogP contribution >= 0.6 is 0 Å². The maximum absolute atomic E-state index is 6.02. The molecule has 0 saturated carbocycles. The van der Waals surface area contributed by atoms with Crippen LogP contribution in [0.1, 0.15) is 22.6 Å². The van der Waals surface area contributed by atoms with Gasteiger partial charge < -0.3 is 10.7 Å². The number of aromatic nitrogens is 1. The minimum Gasteiger partial charge on any atom is -0.361 e. The summed E-state index contributed by atoms with van der Waals surface area (Å²) in [5.41, 5.74) is 11.0. The number of aryl methyl sites for hydroxylation is 1. The number of H-pyrrole nitrogens is 1. The third-order valence-corrected chi connectivity index (χ3v) is 3.68. The lowest BCUT2D eigenvalue weighted by Gasteiger charge is -2.15. The number of aromatic amines is 1. The third-order valence-electron chi connectivity index (χ3n) is 3.68. The molecule has 1 atom stereocenters. The molecule has 0 fully saturated rings. The van der Waals surface area contributed by atoms with Gasteiger partial charge in [-0.05, 0) is 24.1 Å². The van der Waals surface area contributed by atoms with Crippen LogP contribution in [0.15, 0.2) is 54.7 Å². The van der Waals surface area contributed by atoms with Gasteiger partial charge in [-0.25, -0.2) is 0 Å². The first kappa shape index (κ1) is 12.0. The third kappa shape index (κ3) is 2.15. The van der Waals surface area contributed by atoms with Crippen LogP contribution in [0.2, 0.25) is 0 Å². The van der Waals surface area contributed by atoms with Crippen molar-refractivity contribution in [2.75, 3.05) is 6.54 Å². The van der Waals surface area contributed by atoms with E-state index < -0.39 is 0 Å². The van der Waals surface area contributed by atoms with Crippen LogP contribution < -0.4 is 5.73 Å². The van der Waals surface area contributed by atoms with Gasteiger partial charge >= 0.3 is 0 Å². The molecule has 0 amide bonds. The van der Waals surface area contributed by atoms with E-state index >= 15 is 0 Å². The van der Waals surface area contributed by atoms with Gasteiger partial charge in [0.15, 0.2) is 0 Å². The fourth-order valence-electron chi connectivity index (χ4n) is 2.71. The van der Waals surface area contributed by atoms with Crippen molar-refractivity contribution >= 4 is 10.9 Å². The zero-order chi connectivity index (χ0) is 13.2. The monoisotopic (exact) mass is 250 g/mol. The summed E-state index contributed by atoms with van der Waals surface area (Å²) in [5.74, 6) is 0.246. The maximum atomic E-state index is 6.02. The Hall–Kier alpha value is -2.06. The zero-order valence-electron chi connectivity index (χ0n) is 11.1. The van der Waals surface area contributed by atoms with E-state index in [1.54, 1.807) is 0 Å². The average Bonchev–Trinajstić information content (AvgIpc) is 2.84. The first-order valence-electron chi connectivity index (χ1n) is 6.62. The number of rotatable bonds is 3. The fourth-order valence-corrected chi connectivity index (χ4v) is 2.71. The van der Waals surface area contributed by atoms with E-state index in [1.807, 2.05) is 6.07 Å². The highest BCUT2D eigenvalue weighted by atomic mass is 14.7. The lowest BCUT2D eigenvalue weighted by atomic mass is 9.90. The Bertz CT molecular complexity index is 697. The van der Waals surface area contributed by atoms with Gasteiger partial charge in [-0.2, -0.15) is 0 Å². The van der Waals surface area contributed by atoms with Crippen LogP contribution in [0.4, 0.5) is 0 Å². The van der Waals surface area contributed by atoms with Gasteiger partial charge in [-0.3, -0.25) is 0 Å². The molecule has 2 nitrogen and oxygen atoms in total. The second-order valence-corrected chi connectivity index (χ2v) is 4.99. The highest BCUT2D eigenvalue weighted by molar-refractivity contribution is 5.84. The van der Waals surface area contributed by atoms with Crippen LogP contribution in [0, 0.1) is 6.92 Å². The summed E-state index contributed by atoms with van der Waals surface area (Å²) in [7, 11) is 0. The molecule has 1 heterocycles. The molecule has 96 valence electrons. The number of hydrogen-bond acceptors (Lipinski definition) is 1. The van der Waals surface area contributed by atoms with Crippen molar-refractivity contribution in [3.05, 3.63) is 71.4 Å². The van der Waals surface area contributed by atoms with E-state index in [9.17, 15) is 0 Å². The summed E-state index contributed by atoms with van der Waals surface area (Å²) in [4.78, 5) is 3.33. The molecule has 3 aromatic rings. The van der Waals surface area contributed by atoms with Crippen molar-refractivity contribution in [2.45, 2.75) is 12.8 Å². The molecule has 0 aliphatic rings. The average molecular weight is 250 g/mol. The predicted molar refractivity (Wildman–Crippen MR) is 80.4 cm³/mol. The van der Waals surface area contributed by atoms with Gasteiger partial charge in [0.1, 0.15) is 0 Å². The zero-order valence-corrected chi connectivity index (χ0v) is 11.1. The van der Waals surface area contributed by atoms with E-state index in [0.29, 0.717) is 6.54 Å². The van der Waals surface area contributed by atoms with Gasteiger partial charge in [0.05, 0.1) is 0 Å². The van der Waals surface area contributed by atoms with Crippen molar-refractivity contribution in [2.24, 2.45) is 5.73 Å². The first-order valence-corrected chi connectivity index (χ1v) is 6.62. The van der Waals surface area contributed by atoms with Crippen molar-refractivity contribution < 1.29 is 0 Å². The second-order valence-electron chi connectivity index (χ2n) is 4.99. The van der Waals surface area contributed by atoms with Crippen LogP contribution in [0.3, 0.4) is 0 Å². The number of para-hydroxylation sites is 1. The Morgan fingerprint density at radius 3 is 2.74 bits per heavy atom. The molecule has 2 heteroatoms. The SMILES string of the molecule is Cc1cccc([C@H](CN)c2c[nH]c3ccccc23)c1.